The number of carbonyl (C=O) groups excluding carboxylic acids is 2. The van der Waals surface area contributed by atoms with Gasteiger partial charge >= 0.3 is 0 Å². The summed E-state index contributed by atoms with van der Waals surface area (Å²) >= 11 is 0. The van der Waals surface area contributed by atoms with Crippen LogP contribution >= 0.6 is 0 Å². The molecule has 3 aliphatic rings. The Hall–Kier alpha value is -2.04. The first-order valence-electron chi connectivity index (χ1n) is 9.90. The molecule has 26 heavy (non-hydrogen) atoms. The number of ether oxygens (including phenoxy) is 1. The van der Waals surface area contributed by atoms with Crippen molar-refractivity contribution < 1.29 is 14.3 Å². The first-order chi connectivity index (χ1) is 12.7. The number of methoxy groups -OCH3 is 1. The fraction of sp³-hybridized carbons (Fsp3) is 0.619. The minimum absolute atomic E-state index is 0.0637. The minimum atomic E-state index is 0.0637. The predicted molar refractivity (Wildman–Crippen MR) is 98.7 cm³/mol. The summed E-state index contributed by atoms with van der Waals surface area (Å²) in [6.07, 6.45) is 5.91. The van der Waals surface area contributed by atoms with Gasteiger partial charge in [0, 0.05) is 31.5 Å². The van der Waals surface area contributed by atoms with Crippen molar-refractivity contribution in [2.75, 3.05) is 26.7 Å². The van der Waals surface area contributed by atoms with Crippen LogP contribution in [0.5, 0.6) is 5.75 Å². The van der Waals surface area contributed by atoms with Gasteiger partial charge in [0.1, 0.15) is 5.75 Å². The van der Waals surface area contributed by atoms with Gasteiger partial charge in [-0.15, -0.1) is 0 Å². The average molecular weight is 356 g/mol. The number of hydrogen-bond donors (Lipinski definition) is 0. The molecule has 0 aromatic heterocycles. The van der Waals surface area contributed by atoms with Crippen LogP contribution in [0, 0.1) is 11.8 Å². The van der Waals surface area contributed by atoms with E-state index in [1.54, 1.807) is 7.11 Å². The van der Waals surface area contributed by atoms with Gasteiger partial charge in [-0.2, -0.15) is 0 Å². The Kier molecular flexibility index (Phi) is 4.88. The van der Waals surface area contributed by atoms with E-state index in [0.717, 1.165) is 63.1 Å². The Balaban J connectivity index is 1.34. The normalized spacial score (nSPS) is 24.0. The van der Waals surface area contributed by atoms with Crippen LogP contribution < -0.4 is 4.74 Å². The number of carbonyl (C=O) groups is 2. The summed E-state index contributed by atoms with van der Waals surface area (Å²) in [6.45, 7) is 2.31. The van der Waals surface area contributed by atoms with Crippen molar-refractivity contribution in [2.24, 2.45) is 11.8 Å². The van der Waals surface area contributed by atoms with Crippen molar-refractivity contribution in [3.05, 3.63) is 29.8 Å². The Morgan fingerprint density at radius 2 is 1.69 bits per heavy atom. The van der Waals surface area contributed by atoms with E-state index in [2.05, 4.69) is 6.07 Å². The highest BCUT2D eigenvalue weighted by atomic mass is 16.5. The first kappa shape index (κ1) is 17.4. The lowest BCUT2D eigenvalue weighted by Crippen LogP contribution is -2.51. The van der Waals surface area contributed by atoms with Crippen LogP contribution in [0.1, 0.15) is 50.1 Å². The molecule has 2 saturated heterocycles. The van der Waals surface area contributed by atoms with E-state index in [-0.39, 0.29) is 23.8 Å². The summed E-state index contributed by atoms with van der Waals surface area (Å²) in [4.78, 5) is 29.4. The molecule has 140 valence electrons. The van der Waals surface area contributed by atoms with Crippen LogP contribution in [0.2, 0.25) is 0 Å². The molecule has 0 N–H and O–H groups in total. The number of nitrogens with zero attached hydrogens (tertiary/aromatic N) is 2. The maximum absolute atomic E-state index is 13.0. The van der Waals surface area contributed by atoms with Crippen LogP contribution in [0.3, 0.4) is 0 Å². The number of likely N-dealkylation sites (tertiary alicyclic amines) is 2. The maximum Gasteiger partial charge on any atom is 0.226 e. The molecule has 0 bridgehead atoms. The Morgan fingerprint density at radius 3 is 2.27 bits per heavy atom. The molecule has 0 radical (unpaired) electrons. The molecule has 0 unspecified atom stereocenters. The van der Waals surface area contributed by atoms with Crippen molar-refractivity contribution in [1.82, 2.24) is 9.80 Å². The maximum atomic E-state index is 13.0. The van der Waals surface area contributed by atoms with E-state index in [1.165, 1.54) is 6.42 Å². The molecule has 5 heteroatoms. The molecule has 1 saturated carbocycles. The van der Waals surface area contributed by atoms with Crippen LogP contribution in [-0.4, -0.2) is 48.4 Å². The summed E-state index contributed by atoms with van der Waals surface area (Å²) in [5, 5.41) is 0. The van der Waals surface area contributed by atoms with Crippen molar-refractivity contribution in [3.8, 4) is 5.75 Å². The van der Waals surface area contributed by atoms with Gasteiger partial charge in [-0.1, -0.05) is 18.6 Å². The minimum Gasteiger partial charge on any atom is -0.497 e. The molecule has 1 aromatic carbocycles. The van der Waals surface area contributed by atoms with Gasteiger partial charge in [0.2, 0.25) is 11.8 Å². The summed E-state index contributed by atoms with van der Waals surface area (Å²) in [7, 11) is 1.67. The Morgan fingerprint density at radius 1 is 0.962 bits per heavy atom. The highest BCUT2D eigenvalue weighted by Gasteiger charge is 2.39. The zero-order valence-electron chi connectivity index (χ0n) is 15.5. The second-order valence-electron chi connectivity index (χ2n) is 7.84. The molecule has 1 aromatic rings. The molecule has 1 atom stereocenters. The van der Waals surface area contributed by atoms with E-state index >= 15 is 0 Å². The highest BCUT2D eigenvalue weighted by molar-refractivity contribution is 5.82. The molecule has 0 spiro atoms. The Bertz CT molecular complexity index is 678. The second kappa shape index (κ2) is 7.29. The van der Waals surface area contributed by atoms with E-state index < -0.39 is 0 Å². The zero-order chi connectivity index (χ0) is 18.1. The summed E-state index contributed by atoms with van der Waals surface area (Å²) in [5.41, 5.74) is 1.15. The largest absolute Gasteiger partial charge is 0.497 e. The second-order valence-corrected chi connectivity index (χ2v) is 7.84. The van der Waals surface area contributed by atoms with Gasteiger partial charge in [-0.05, 0) is 49.8 Å². The summed E-state index contributed by atoms with van der Waals surface area (Å²) in [6, 6.07) is 8.20. The van der Waals surface area contributed by atoms with Crippen molar-refractivity contribution in [2.45, 2.75) is 44.6 Å². The average Bonchev–Trinajstić information content (AvgIpc) is 2.59. The number of rotatable bonds is 4. The van der Waals surface area contributed by atoms with Gasteiger partial charge in [0.15, 0.2) is 0 Å². The van der Waals surface area contributed by atoms with Gasteiger partial charge in [-0.3, -0.25) is 9.59 Å². The highest BCUT2D eigenvalue weighted by Crippen LogP contribution is 2.37. The van der Waals surface area contributed by atoms with Crippen LogP contribution in [-0.2, 0) is 9.59 Å². The van der Waals surface area contributed by atoms with Gasteiger partial charge in [0.25, 0.3) is 0 Å². The van der Waals surface area contributed by atoms with Gasteiger partial charge in [-0.25, -0.2) is 0 Å². The van der Waals surface area contributed by atoms with E-state index in [1.807, 2.05) is 28.0 Å². The lowest BCUT2D eigenvalue weighted by molar-refractivity contribution is -0.148. The number of amides is 2. The monoisotopic (exact) mass is 356 g/mol. The number of piperidine rings is 1. The van der Waals surface area contributed by atoms with Crippen molar-refractivity contribution in [3.63, 3.8) is 0 Å². The quantitative estimate of drug-likeness (QED) is 0.833. The zero-order valence-corrected chi connectivity index (χ0v) is 15.5. The van der Waals surface area contributed by atoms with Crippen LogP contribution in [0.25, 0.3) is 0 Å². The van der Waals surface area contributed by atoms with Gasteiger partial charge in [0.05, 0.1) is 13.2 Å². The molecule has 2 heterocycles. The van der Waals surface area contributed by atoms with E-state index in [4.69, 9.17) is 4.74 Å². The lowest BCUT2D eigenvalue weighted by Gasteiger charge is -2.44. The molecule has 5 nitrogen and oxygen atoms in total. The fourth-order valence-corrected chi connectivity index (χ4v) is 4.34. The van der Waals surface area contributed by atoms with E-state index in [9.17, 15) is 9.59 Å². The topological polar surface area (TPSA) is 49.9 Å². The predicted octanol–water partition coefficient (Wildman–Crippen LogP) is 3.01. The Labute approximate surface area is 155 Å². The summed E-state index contributed by atoms with van der Waals surface area (Å²) in [5.74, 6) is 1.74. The molecule has 2 amide bonds. The van der Waals surface area contributed by atoms with Gasteiger partial charge < -0.3 is 14.5 Å². The molecule has 3 fully saturated rings. The van der Waals surface area contributed by atoms with Crippen molar-refractivity contribution >= 4 is 11.8 Å². The fourth-order valence-electron chi connectivity index (χ4n) is 4.34. The van der Waals surface area contributed by atoms with Crippen LogP contribution in [0.15, 0.2) is 24.3 Å². The molecule has 1 aliphatic carbocycles. The lowest BCUT2D eigenvalue weighted by atomic mass is 9.83. The molecule has 4 rings (SSSR count). The van der Waals surface area contributed by atoms with E-state index in [0.29, 0.717) is 5.91 Å². The van der Waals surface area contributed by atoms with Crippen molar-refractivity contribution in [1.29, 1.82) is 0 Å². The third kappa shape index (κ3) is 3.19. The third-order valence-electron chi connectivity index (χ3n) is 6.39. The SMILES string of the molecule is COc1cccc([C@@H]2CCN2C(=O)C2CCN(C(=O)C3CCC3)CC2)c1. The molecular formula is C21H28N2O3. The smallest absolute Gasteiger partial charge is 0.226 e. The summed E-state index contributed by atoms with van der Waals surface area (Å²) < 4.78 is 5.31. The van der Waals surface area contributed by atoms with Crippen LogP contribution in [0.4, 0.5) is 0 Å². The third-order valence-corrected chi connectivity index (χ3v) is 6.39. The molecule has 2 aliphatic heterocycles. The molecular weight excluding hydrogens is 328 g/mol. The first-order valence-corrected chi connectivity index (χ1v) is 9.90. The number of hydrogen-bond acceptors (Lipinski definition) is 3. The standard InChI is InChI=1S/C21H28N2O3/c1-26-18-7-3-6-17(14-18)19-10-13-23(19)21(25)16-8-11-22(12-9-16)20(24)15-4-2-5-15/h3,6-7,14-16,19H,2,4-5,8-13H2,1H3/t19-/m0/s1. The number of benzene rings is 1.